The van der Waals surface area contributed by atoms with Crippen molar-refractivity contribution in [2.24, 2.45) is 18.7 Å². The highest BCUT2D eigenvalue weighted by molar-refractivity contribution is 5.94. The molecule has 1 aliphatic rings. The second-order valence-electron chi connectivity index (χ2n) is 5.81. The summed E-state index contributed by atoms with van der Waals surface area (Å²) < 4.78 is 1.42. The van der Waals surface area contributed by atoms with Gasteiger partial charge in [-0.25, -0.2) is 4.98 Å². The normalized spacial score (nSPS) is 18.1. The van der Waals surface area contributed by atoms with E-state index < -0.39 is 17.4 Å². The molecule has 1 atom stereocenters. The maximum atomic E-state index is 12.7. The second-order valence-corrected chi connectivity index (χ2v) is 5.81. The molecule has 0 unspecified atom stereocenters. The van der Waals surface area contributed by atoms with E-state index in [9.17, 15) is 14.4 Å². The predicted octanol–water partition coefficient (Wildman–Crippen LogP) is 0.271. The number of piperidine rings is 1. The first-order chi connectivity index (χ1) is 11.0. The SMILES string of the molecule is Cn1c(=O)c(C(=O)N2CCC[C@H](C(N)=O)C2)nc2ccccc21. The van der Waals surface area contributed by atoms with Gasteiger partial charge in [0.15, 0.2) is 5.69 Å². The van der Waals surface area contributed by atoms with Crippen molar-refractivity contribution < 1.29 is 9.59 Å². The highest BCUT2D eigenvalue weighted by Gasteiger charge is 2.29. The fourth-order valence-corrected chi connectivity index (χ4v) is 2.96. The van der Waals surface area contributed by atoms with Crippen molar-refractivity contribution >= 4 is 22.8 Å². The third-order valence-corrected chi connectivity index (χ3v) is 4.30. The van der Waals surface area contributed by atoms with Gasteiger partial charge < -0.3 is 15.2 Å². The number of aromatic nitrogens is 2. The van der Waals surface area contributed by atoms with Gasteiger partial charge in [-0.15, -0.1) is 0 Å². The molecule has 2 amide bonds. The number of carbonyl (C=O) groups is 2. The maximum absolute atomic E-state index is 12.7. The number of amides is 2. The number of nitrogens with zero attached hydrogens (tertiary/aromatic N) is 3. The molecule has 2 N–H and O–H groups in total. The van der Waals surface area contributed by atoms with Crippen LogP contribution in [-0.2, 0) is 11.8 Å². The lowest BCUT2D eigenvalue weighted by Crippen LogP contribution is -2.46. The van der Waals surface area contributed by atoms with Crippen LogP contribution in [0.15, 0.2) is 29.1 Å². The van der Waals surface area contributed by atoms with E-state index in [4.69, 9.17) is 5.73 Å². The number of nitrogens with two attached hydrogens (primary N) is 1. The summed E-state index contributed by atoms with van der Waals surface area (Å²) in [5.74, 6) is -1.22. The fraction of sp³-hybridized carbons (Fsp3) is 0.375. The molecule has 23 heavy (non-hydrogen) atoms. The number of hydrogen-bond donors (Lipinski definition) is 1. The zero-order valence-corrected chi connectivity index (χ0v) is 12.9. The lowest BCUT2D eigenvalue weighted by molar-refractivity contribution is -0.123. The predicted molar refractivity (Wildman–Crippen MR) is 84.8 cm³/mol. The molecule has 1 fully saturated rings. The first kappa shape index (κ1) is 15.2. The van der Waals surface area contributed by atoms with E-state index in [1.165, 1.54) is 9.47 Å². The van der Waals surface area contributed by atoms with Gasteiger partial charge in [-0.2, -0.15) is 0 Å². The van der Waals surface area contributed by atoms with E-state index in [0.29, 0.717) is 30.4 Å². The zero-order valence-electron chi connectivity index (χ0n) is 12.9. The van der Waals surface area contributed by atoms with Gasteiger partial charge in [0, 0.05) is 20.1 Å². The number of likely N-dealkylation sites (tertiary alicyclic amines) is 1. The van der Waals surface area contributed by atoms with Gasteiger partial charge in [-0.3, -0.25) is 14.4 Å². The van der Waals surface area contributed by atoms with Crippen molar-refractivity contribution in [3.8, 4) is 0 Å². The molecule has 1 aromatic carbocycles. The number of hydrogen-bond acceptors (Lipinski definition) is 4. The van der Waals surface area contributed by atoms with Gasteiger partial charge in [0.05, 0.1) is 17.0 Å². The van der Waals surface area contributed by atoms with Gasteiger partial charge in [-0.05, 0) is 25.0 Å². The molecule has 0 bridgehead atoms. The van der Waals surface area contributed by atoms with Crippen LogP contribution in [0.2, 0.25) is 0 Å². The molecule has 1 aliphatic heterocycles. The minimum Gasteiger partial charge on any atom is -0.369 e. The molecular formula is C16H18N4O3. The Kier molecular flexibility index (Phi) is 3.85. The Balaban J connectivity index is 1.99. The van der Waals surface area contributed by atoms with E-state index in [1.54, 1.807) is 25.2 Å². The van der Waals surface area contributed by atoms with Crippen molar-refractivity contribution in [1.82, 2.24) is 14.5 Å². The van der Waals surface area contributed by atoms with Crippen LogP contribution in [-0.4, -0.2) is 39.4 Å². The van der Waals surface area contributed by atoms with Gasteiger partial charge in [-0.1, -0.05) is 12.1 Å². The average Bonchev–Trinajstić information content (AvgIpc) is 2.57. The first-order valence-electron chi connectivity index (χ1n) is 7.53. The molecular weight excluding hydrogens is 296 g/mol. The molecule has 2 aromatic rings. The highest BCUT2D eigenvalue weighted by Crippen LogP contribution is 2.18. The Morgan fingerprint density at radius 3 is 2.78 bits per heavy atom. The molecule has 0 spiro atoms. The summed E-state index contributed by atoms with van der Waals surface area (Å²) in [5.41, 5.74) is 6.04. The molecule has 3 rings (SSSR count). The monoisotopic (exact) mass is 314 g/mol. The molecule has 0 radical (unpaired) electrons. The van der Waals surface area contributed by atoms with Crippen LogP contribution in [0.5, 0.6) is 0 Å². The van der Waals surface area contributed by atoms with Gasteiger partial charge in [0.1, 0.15) is 0 Å². The van der Waals surface area contributed by atoms with Crippen LogP contribution < -0.4 is 11.3 Å². The molecule has 7 nitrogen and oxygen atoms in total. The minimum atomic E-state index is -0.442. The van der Waals surface area contributed by atoms with Gasteiger partial charge >= 0.3 is 0 Å². The number of primary amides is 1. The summed E-state index contributed by atoms with van der Waals surface area (Å²) >= 11 is 0. The lowest BCUT2D eigenvalue weighted by atomic mass is 9.97. The Hall–Kier alpha value is -2.70. The summed E-state index contributed by atoms with van der Waals surface area (Å²) in [6.45, 7) is 0.742. The topological polar surface area (TPSA) is 98.3 Å². The Morgan fingerprint density at radius 2 is 2.04 bits per heavy atom. The molecule has 120 valence electrons. The van der Waals surface area contributed by atoms with Gasteiger partial charge in [0.25, 0.3) is 11.5 Å². The summed E-state index contributed by atoms with van der Waals surface area (Å²) in [4.78, 5) is 42.2. The third-order valence-electron chi connectivity index (χ3n) is 4.30. The van der Waals surface area contributed by atoms with Gasteiger partial charge in [0.2, 0.25) is 5.91 Å². The number of para-hydroxylation sites is 2. The zero-order chi connectivity index (χ0) is 16.6. The number of rotatable bonds is 2. The van der Waals surface area contributed by atoms with E-state index in [0.717, 1.165) is 0 Å². The summed E-state index contributed by atoms with van der Waals surface area (Å²) in [6, 6.07) is 7.15. The van der Waals surface area contributed by atoms with Crippen molar-refractivity contribution in [3.63, 3.8) is 0 Å². The van der Waals surface area contributed by atoms with E-state index in [2.05, 4.69) is 4.98 Å². The lowest BCUT2D eigenvalue weighted by Gasteiger charge is -2.30. The quantitative estimate of drug-likeness (QED) is 0.860. The Bertz CT molecular complexity index is 843. The van der Waals surface area contributed by atoms with E-state index >= 15 is 0 Å². The van der Waals surface area contributed by atoms with Crippen LogP contribution in [0.3, 0.4) is 0 Å². The van der Waals surface area contributed by atoms with Crippen LogP contribution >= 0.6 is 0 Å². The molecule has 0 aliphatic carbocycles. The van der Waals surface area contributed by atoms with Crippen LogP contribution in [0.25, 0.3) is 11.0 Å². The highest BCUT2D eigenvalue weighted by atomic mass is 16.2. The smallest absolute Gasteiger partial charge is 0.282 e. The largest absolute Gasteiger partial charge is 0.369 e. The summed E-state index contributed by atoms with van der Waals surface area (Å²) in [6.07, 6.45) is 1.36. The number of benzene rings is 1. The summed E-state index contributed by atoms with van der Waals surface area (Å²) in [5, 5.41) is 0. The minimum absolute atomic E-state index is 0.115. The second kappa shape index (κ2) is 5.83. The van der Waals surface area contributed by atoms with E-state index in [1.807, 2.05) is 6.07 Å². The molecule has 2 heterocycles. The fourth-order valence-electron chi connectivity index (χ4n) is 2.96. The van der Waals surface area contributed by atoms with Crippen molar-refractivity contribution in [2.75, 3.05) is 13.1 Å². The average molecular weight is 314 g/mol. The molecule has 1 saturated heterocycles. The van der Waals surface area contributed by atoms with Crippen LogP contribution in [0.1, 0.15) is 23.3 Å². The third kappa shape index (κ3) is 2.69. The van der Waals surface area contributed by atoms with Crippen molar-refractivity contribution in [2.45, 2.75) is 12.8 Å². The molecule has 7 heteroatoms. The molecule has 0 saturated carbocycles. The van der Waals surface area contributed by atoms with Crippen LogP contribution in [0.4, 0.5) is 0 Å². The number of aryl methyl sites for hydroxylation is 1. The summed E-state index contributed by atoms with van der Waals surface area (Å²) in [7, 11) is 1.62. The van der Waals surface area contributed by atoms with Crippen molar-refractivity contribution in [1.29, 1.82) is 0 Å². The standard InChI is InChI=1S/C16H18N4O3/c1-19-12-7-3-2-6-11(12)18-13(15(19)22)16(23)20-8-4-5-10(9-20)14(17)21/h2-3,6-7,10H,4-5,8-9H2,1H3,(H2,17,21)/t10-/m0/s1. The number of carbonyl (C=O) groups excluding carboxylic acids is 2. The maximum Gasteiger partial charge on any atom is 0.282 e. The Morgan fingerprint density at radius 1 is 1.30 bits per heavy atom. The van der Waals surface area contributed by atoms with Crippen LogP contribution in [0, 0.1) is 5.92 Å². The number of fused-ring (bicyclic) bond motifs is 1. The first-order valence-corrected chi connectivity index (χ1v) is 7.53. The van der Waals surface area contributed by atoms with Crippen molar-refractivity contribution in [3.05, 3.63) is 40.3 Å². The molecule has 1 aromatic heterocycles. The van der Waals surface area contributed by atoms with E-state index in [-0.39, 0.29) is 18.2 Å². The Labute approximate surface area is 132 Å².